The number of hydrogen-bond donors (Lipinski definition) is 1. The molecule has 1 fully saturated rings. The molecule has 1 aliphatic heterocycles. The zero-order chi connectivity index (χ0) is 13.1. The first-order valence-electron chi connectivity index (χ1n) is 7.46. The molecule has 104 valence electrons. The van der Waals surface area contributed by atoms with Crippen molar-refractivity contribution in [3.8, 4) is 5.75 Å². The average molecular weight is 261 g/mol. The third kappa shape index (κ3) is 2.86. The van der Waals surface area contributed by atoms with E-state index in [4.69, 9.17) is 4.74 Å². The molecule has 3 heteroatoms. The molecule has 1 aromatic carbocycles. The van der Waals surface area contributed by atoms with Crippen LogP contribution in [0.2, 0.25) is 0 Å². The first kappa shape index (κ1) is 12.8. The summed E-state index contributed by atoms with van der Waals surface area (Å²) in [4.78, 5) is 2.31. The van der Waals surface area contributed by atoms with Crippen LogP contribution in [0.4, 0.5) is 5.69 Å². The van der Waals surface area contributed by atoms with E-state index in [0.717, 1.165) is 63.2 Å². The lowest BCUT2D eigenvalue weighted by atomic mass is 9.84. The molecule has 1 aliphatic carbocycles. The van der Waals surface area contributed by atoms with Gasteiger partial charge in [-0.2, -0.15) is 0 Å². The Labute approximate surface area is 115 Å². The molecule has 1 N–H and O–H groups in total. The van der Waals surface area contributed by atoms with E-state index >= 15 is 0 Å². The lowest BCUT2D eigenvalue weighted by Crippen LogP contribution is -2.44. The van der Waals surface area contributed by atoms with Crippen LogP contribution in [0, 0.1) is 0 Å². The monoisotopic (exact) mass is 261 g/mol. The Morgan fingerprint density at radius 1 is 1.11 bits per heavy atom. The molecule has 2 aliphatic rings. The largest absolute Gasteiger partial charge is 0.491 e. The highest BCUT2D eigenvalue weighted by Crippen LogP contribution is 2.35. The number of β-amino-alcohol motifs (C(OH)–C–C–N with tert-alkyl or cyclic N) is 1. The van der Waals surface area contributed by atoms with Gasteiger partial charge >= 0.3 is 0 Å². The SMILES string of the molecule is OC1(CN2CCCOc3ccccc32)CCCCC1. The molecule has 0 bridgehead atoms. The Kier molecular flexibility index (Phi) is 3.65. The molecule has 0 aromatic heterocycles. The van der Waals surface area contributed by atoms with Gasteiger partial charge in [-0.15, -0.1) is 0 Å². The van der Waals surface area contributed by atoms with Crippen molar-refractivity contribution >= 4 is 5.69 Å². The fourth-order valence-corrected chi connectivity index (χ4v) is 3.29. The Morgan fingerprint density at radius 3 is 2.74 bits per heavy atom. The van der Waals surface area contributed by atoms with E-state index in [9.17, 15) is 5.11 Å². The predicted molar refractivity (Wildman–Crippen MR) is 76.8 cm³/mol. The number of nitrogens with zero attached hydrogens (tertiary/aromatic N) is 1. The highest BCUT2D eigenvalue weighted by molar-refractivity contribution is 5.59. The van der Waals surface area contributed by atoms with Gasteiger partial charge in [-0.3, -0.25) is 0 Å². The molecule has 0 radical (unpaired) electrons. The number of ether oxygens (including phenoxy) is 1. The summed E-state index contributed by atoms with van der Waals surface area (Å²) in [5.41, 5.74) is 0.634. The van der Waals surface area contributed by atoms with Gasteiger partial charge in [-0.1, -0.05) is 31.4 Å². The second-order valence-electron chi connectivity index (χ2n) is 5.88. The lowest BCUT2D eigenvalue weighted by Gasteiger charge is -2.37. The fourth-order valence-electron chi connectivity index (χ4n) is 3.29. The molecule has 0 atom stereocenters. The van der Waals surface area contributed by atoms with Crippen molar-refractivity contribution < 1.29 is 9.84 Å². The van der Waals surface area contributed by atoms with Crippen LogP contribution >= 0.6 is 0 Å². The van der Waals surface area contributed by atoms with E-state index in [2.05, 4.69) is 11.0 Å². The molecular weight excluding hydrogens is 238 g/mol. The van der Waals surface area contributed by atoms with Crippen molar-refractivity contribution in [3.05, 3.63) is 24.3 Å². The van der Waals surface area contributed by atoms with E-state index in [0.29, 0.717) is 0 Å². The normalized spacial score (nSPS) is 22.3. The van der Waals surface area contributed by atoms with Crippen LogP contribution in [0.3, 0.4) is 0 Å². The van der Waals surface area contributed by atoms with Crippen LogP contribution in [-0.2, 0) is 0 Å². The molecule has 0 unspecified atom stereocenters. The summed E-state index contributed by atoms with van der Waals surface area (Å²) in [6.45, 7) is 2.48. The minimum Gasteiger partial charge on any atom is -0.491 e. The Bertz CT molecular complexity index is 427. The molecule has 0 saturated heterocycles. The summed E-state index contributed by atoms with van der Waals surface area (Å²) >= 11 is 0. The molecule has 0 spiro atoms. The van der Waals surface area contributed by atoms with Gasteiger partial charge in [0.1, 0.15) is 5.75 Å². The Morgan fingerprint density at radius 2 is 1.89 bits per heavy atom. The molecule has 1 heterocycles. The van der Waals surface area contributed by atoms with Crippen molar-refractivity contribution in [2.75, 3.05) is 24.6 Å². The van der Waals surface area contributed by atoms with E-state index in [1.165, 1.54) is 6.42 Å². The van der Waals surface area contributed by atoms with Gasteiger partial charge in [-0.25, -0.2) is 0 Å². The summed E-state index contributed by atoms with van der Waals surface area (Å²) < 4.78 is 5.78. The smallest absolute Gasteiger partial charge is 0.142 e. The van der Waals surface area contributed by atoms with Gasteiger partial charge < -0.3 is 14.7 Å². The maximum Gasteiger partial charge on any atom is 0.142 e. The van der Waals surface area contributed by atoms with Gasteiger partial charge in [0.05, 0.1) is 17.9 Å². The third-order valence-electron chi connectivity index (χ3n) is 4.31. The Balaban J connectivity index is 1.80. The minimum absolute atomic E-state index is 0.504. The van der Waals surface area contributed by atoms with Crippen LogP contribution in [0.5, 0.6) is 5.75 Å². The molecule has 0 amide bonds. The summed E-state index contributed by atoms with van der Waals surface area (Å²) in [5.74, 6) is 0.958. The highest BCUT2D eigenvalue weighted by Gasteiger charge is 2.32. The quantitative estimate of drug-likeness (QED) is 0.888. The first-order valence-corrected chi connectivity index (χ1v) is 7.46. The minimum atomic E-state index is -0.504. The number of benzene rings is 1. The molecule has 19 heavy (non-hydrogen) atoms. The number of fused-ring (bicyclic) bond motifs is 1. The van der Waals surface area contributed by atoms with E-state index in [1.54, 1.807) is 0 Å². The van der Waals surface area contributed by atoms with Crippen LogP contribution < -0.4 is 9.64 Å². The van der Waals surface area contributed by atoms with Crippen molar-refractivity contribution in [2.45, 2.75) is 44.1 Å². The summed E-state index contributed by atoms with van der Waals surface area (Å²) in [6, 6.07) is 8.19. The van der Waals surface area contributed by atoms with Crippen molar-refractivity contribution in [3.63, 3.8) is 0 Å². The zero-order valence-corrected chi connectivity index (χ0v) is 11.5. The van der Waals surface area contributed by atoms with Crippen molar-refractivity contribution in [1.82, 2.24) is 0 Å². The fraction of sp³-hybridized carbons (Fsp3) is 0.625. The van der Waals surface area contributed by atoms with Gasteiger partial charge in [-0.05, 0) is 31.4 Å². The van der Waals surface area contributed by atoms with Crippen LogP contribution in [0.15, 0.2) is 24.3 Å². The maximum absolute atomic E-state index is 10.8. The number of anilines is 1. The van der Waals surface area contributed by atoms with Gasteiger partial charge in [0.15, 0.2) is 0 Å². The number of aliphatic hydroxyl groups is 1. The summed E-state index contributed by atoms with van der Waals surface area (Å²) in [5, 5.41) is 10.8. The molecule has 3 nitrogen and oxygen atoms in total. The Hall–Kier alpha value is -1.22. The predicted octanol–water partition coefficient (Wildman–Crippen LogP) is 2.97. The highest BCUT2D eigenvalue weighted by atomic mass is 16.5. The number of hydrogen-bond acceptors (Lipinski definition) is 3. The first-order chi connectivity index (χ1) is 9.27. The van der Waals surface area contributed by atoms with Crippen LogP contribution in [0.1, 0.15) is 38.5 Å². The summed E-state index contributed by atoms with van der Waals surface area (Å²) in [6.07, 6.45) is 6.47. The topological polar surface area (TPSA) is 32.7 Å². The molecule has 1 aromatic rings. The molecular formula is C16H23NO2. The maximum atomic E-state index is 10.8. The molecule has 3 rings (SSSR count). The third-order valence-corrected chi connectivity index (χ3v) is 4.31. The van der Waals surface area contributed by atoms with Crippen molar-refractivity contribution in [2.24, 2.45) is 0 Å². The van der Waals surface area contributed by atoms with Gasteiger partial charge in [0.2, 0.25) is 0 Å². The van der Waals surface area contributed by atoms with Crippen LogP contribution in [0.25, 0.3) is 0 Å². The second-order valence-corrected chi connectivity index (χ2v) is 5.88. The van der Waals surface area contributed by atoms with Gasteiger partial charge in [0.25, 0.3) is 0 Å². The van der Waals surface area contributed by atoms with Crippen LogP contribution in [-0.4, -0.2) is 30.4 Å². The molecule has 1 saturated carbocycles. The van der Waals surface area contributed by atoms with Gasteiger partial charge in [0, 0.05) is 13.1 Å². The summed E-state index contributed by atoms with van der Waals surface area (Å²) in [7, 11) is 0. The lowest BCUT2D eigenvalue weighted by molar-refractivity contribution is 0.0110. The number of para-hydroxylation sites is 2. The number of rotatable bonds is 2. The average Bonchev–Trinajstić information content (AvgIpc) is 2.62. The van der Waals surface area contributed by atoms with Crippen molar-refractivity contribution in [1.29, 1.82) is 0 Å². The second kappa shape index (κ2) is 5.41. The van der Waals surface area contributed by atoms with E-state index in [1.807, 2.05) is 18.2 Å². The standard InChI is InChI=1S/C16H23NO2/c18-16(9-4-1-5-10-16)13-17-11-6-12-19-15-8-3-2-7-14(15)17/h2-3,7-8,18H,1,4-6,9-13H2. The van der Waals surface area contributed by atoms with E-state index < -0.39 is 5.60 Å². The van der Waals surface area contributed by atoms with E-state index in [-0.39, 0.29) is 0 Å². The zero-order valence-electron chi connectivity index (χ0n) is 11.5.